The summed E-state index contributed by atoms with van der Waals surface area (Å²) in [6.07, 6.45) is 69.3. The van der Waals surface area contributed by atoms with Gasteiger partial charge in [-0.2, -0.15) is 0 Å². The highest BCUT2D eigenvalue weighted by atomic mass is 16.6. The van der Waals surface area contributed by atoms with Crippen molar-refractivity contribution < 1.29 is 28.6 Å². The molecule has 1 atom stereocenters. The molecule has 0 fully saturated rings. The number of hydrogen-bond donors (Lipinski definition) is 0. The number of ether oxygens (including phenoxy) is 3. The summed E-state index contributed by atoms with van der Waals surface area (Å²) in [4.78, 5) is 37.8. The zero-order valence-electron chi connectivity index (χ0n) is 38.1. The highest BCUT2D eigenvalue weighted by molar-refractivity contribution is 5.71. The summed E-state index contributed by atoms with van der Waals surface area (Å²) in [5.74, 6) is -1.05. The first-order valence-corrected chi connectivity index (χ1v) is 23.2. The minimum atomic E-state index is -0.832. The van der Waals surface area contributed by atoms with Gasteiger partial charge in [-0.3, -0.25) is 14.4 Å². The fourth-order valence-corrected chi connectivity index (χ4v) is 5.42. The molecule has 0 bridgehead atoms. The molecule has 0 aliphatic carbocycles. The Balaban J connectivity index is 4.62. The zero-order valence-corrected chi connectivity index (χ0v) is 38.1. The number of carbonyl (C=O) groups excluding carboxylic acids is 3. The summed E-state index contributed by atoms with van der Waals surface area (Å²) in [6, 6.07) is 0. The molecule has 0 spiro atoms. The van der Waals surface area contributed by atoms with Crippen molar-refractivity contribution in [1.82, 2.24) is 0 Å². The third-order valence-electron chi connectivity index (χ3n) is 8.83. The monoisotopic (exact) mass is 837 g/mol. The van der Waals surface area contributed by atoms with Crippen molar-refractivity contribution in [2.24, 2.45) is 0 Å². The van der Waals surface area contributed by atoms with Crippen LogP contribution in [0.25, 0.3) is 0 Å². The molecule has 6 nitrogen and oxygen atoms in total. The van der Waals surface area contributed by atoms with E-state index < -0.39 is 6.10 Å². The predicted octanol–water partition coefficient (Wildman–Crippen LogP) is 15.1. The van der Waals surface area contributed by atoms with E-state index in [1.54, 1.807) is 0 Å². The van der Waals surface area contributed by atoms with Crippen LogP contribution < -0.4 is 0 Å². The van der Waals surface area contributed by atoms with Crippen LogP contribution >= 0.6 is 0 Å². The van der Waals surface area contributed by atoms with Gasteiger partial charge in [-0.25, -0.2) is 0 Å². The molecular formula is C55H80O6. The van der Waals surface area contributed by atoms with Gasteiger partial charge in [-0.15, -0.1) is 0 Å². The molecule has 0 aliphatic heterocycles. The van der Waals surface area contributed by atoms with Crippen molar-refractivity contribution in [3.8, 4) is 0 Å². The third kappa shape index (κ3) is 46.0. The van der Waals surface area contributed by atoms with E-state index in [-0.39, 0.29) is 44.0 Å². The van der Waals surface area contributed by atoms with Crippen molar-refractivity contribution in [3.63, 3.8) is 0 Å². The molecule has 0 radical (unpaired) electrons. The minimum absolute atomic E-state index is 0.128. The Labute approximate surface area is 371 Å². The molecule has 0 saturated carbocycles. The van der Waals surface area contributed by atoms with Gasteiger partial charge in [0.1, 0.15) is 13.2 Å². The van der Waals surface area contributed by atoms with Gasteiger partial charge in [-0.05, 0) is 77.0 Å². The molecule has 0 N–H and O–H groups in total. The molecule has 0 aromatic heterocycles. The number of rotatable bonds is 38. The summed E-state index contributed by atoms with van der Waals surface area (Å²) in [7, 11) is 0. The van der Waals surface area contributed by atoms with Crippen LogP contribution in [0.1, 0.15) is 149 Å². The van der Waals surface area contributed by atoms with E-state index in [4.69, 9.17) is 14.2 Å². The molecule has 6 heteroatoms. The first-order chi connectivity index (χ1) is 30.0. The van der Waals surface area contributed by atoms with Crippen LogP contribution in [0.3, 0.4) is 0 Å². The first-order valence-electron chi connectivity index (χ1n) is 23.2. The van der Waals surface area contributed by atoms with Crippen LogP contribution in [0.5, 0.6) is 0 Å². The second kappa shape index (κ2) is 47.7. The predicted molar refractivity (Wildman–Crippen MR) is 260 cm³/mol. The third-order valence-corrected chi connectivity index (χ3v) is 8.83. The highest BCUT2D eigenvalue weighted by Gasteiger charge is 2.19. The van der Waals surface area contributed by atoms with Crippen molar-refractivity contribution in [2.45, 2.75) is 155 Å². The summed E-state index contributed by atoms with van der Waals surface area (Å²) < 4.78 is 16.6. The van der Waals surface area contributed by atoms with Gasteiger partial charge in [-0.1, -0.05) is 211 Å². The van der Waals surface area contributed by atoms with Crippen LogP contribution in [-0.4, -0.2) is 37.2 Å². The normalized spacial score (nSPS) is 13.6. The molecular weight excluding hydrogens is 757 g/mol. The Bertz CT molecular complexity index is 1470. The van der Waals surface area contributed by atoms with Crippen LogP contribution in [-0.2, 0) is 28.6 Å². The van der Waals surface area contributed by atoms with E-state index in [1.165, 1.54) is 0 Å². The van der Waals surface area contributed by atoms with Crippen LogP contribution in [0.15, 0.2) is 158 Å². The smallest absolute Gasteiger partial charge is 0.306 e. The zero-order chi connectivity index (χ0) is 44.4. The molecule has 0 rings (SSSR count). The Morgan fingerprint density at radius 3 is 0.934 bits per heavy atom. The Morgan fingerprint density at radius 1 is 0.328 bits per heavy atom. The van der Waals surface area contributed by atoms with E-state index in [1.807, 2.05) is 103 Å². The number of unbranched alkanes of at least 4 members (excludes halogenated alkanes) is 11. The number of carbonyl (C=O) groups is 3. The number of esters is 3. The van der Waals surface area contributed by atoms with Crippen molar-refractivity contribution in [2.75, 3.05) is 13.2 Å². The molecule has 0 saturated heterocycles. The lowest BCUT2D eigenvalue weighted by molar-refractivity contribution is -0.167. The largest absolute Gasteiger partial charge is 0.462 e. The molecule has 0 aliphatic rings. The standard InChI is InChI=1S/C55H80O6/c1-4-7-10-13-16-19-22-25-26-27-28-31-33-36-39-42-45-48-54(57)60-51-52(61-55(58)49-46-43-40-37-34-30-24-21-18-15-12-9-6-3)50-59-53(56)47-44-41-38-35-32-29-23-20-17-14-11-8-5-2/h7-28,30-31,33-34,52H,4-6,29,32,35-51H2,1-3H3/b10-7-,11-8-,12-9-,16-13-,17-14-,18-15-,22-19-,23-20-,24-21-,26-25-,28-27+,33-31-,34-30-. The fourth-order valence-electron chi connectivity index (χ4n) is 5.42. The van der Waals surface area contributed by atoms with Gasteiger partial charge in [0.25, 0.3) is 0 Å². The van der Waals surface area contributed by atoms with Crippen LogP contribution in [0, 0.1) is 0 Å². The average molecular weight is 837 g/mol. The van der Waals surface area contributed by atoms with Gasteiger partial charge in [0.2, 0.25) is 0 Å². The van der Waals surface area contributed by atoms with Crippen LogP contribution in [0.2, 0.25) is 0 Å². The summed E-state index contributed by atoms with van der Waals surface area (Å²) >= 11 is 0. The van der Waals surface area contributed by atoms with E-state index >= 15 is 0 Å². The quantitative estimate of drug-likeness (QED) is 0.0267. The van der Waals surface area contributed by atoms with E-state index in [9.17, 15) is 14.4 Å². The molecule has 0 amide bonds. The maximum atomic E-state index is 12.7. The van der Waals surface area contributed by atoms with Crippen LogP contribution in [0.4, 0.5) is 0 Å². The van der Waals surface area contributed by atoms with Gasteiger partial charge in [0.05, 0.1) is 0 Å². The Hall–Kier alpha value is -4.97. The Kier molecular flexibility index (Phi) is 43.8. The number of allylic oxidation sites excluding steroid dienone is 26. The van der Waals surface area contributed by atoms with Gasteiger partial charge in [0, 0.05) is 19.3 Å². The summed E-state index contributed by atoms with van der Waals surface area (Å²) in [5.41, 5.74) is 0. The topological polar surface area (TPSA) is 78.9 Å². The van der Waals surface area contributed by atoms with E-state index in [0.29, 0.717) is 19.3 Å². The van der Waals surface area contributed by atoms with Gasteiger partial charge in [0.15, 0.2) is 6.10 Å². The van der Waals surface area contributed by atoms with Crippen molar-refractivity contribution >= 4 is 17.9 Å². The molecule has 1 unspecified atom stereocenters. The SMILES string of the molecule is CC\C=C/C=C\C=C/C=C\C=C\C=C/CCCCCC(=O)OCC(COC(=O)CCCCCCC\C=C/C=C\C=C/CC)OC(=O)CCCCC\C=C/C=C\C=C/C=C\CC. The lowest BCUT2D eigenvalue weighted by atomic mass is 10.1. The maximum absolute atomic E-state index is 12.7. The van der Waals surface area contributed by atoms with Gasteiger partial charge < -0.3 is 14.2 Å². The average Bonchev–Trinajstić information content (AvgIpc) is 3.26. The lowest BCUT2D eigenvalue weighted by Gasteiger charge is -2.18. The number of hydrogen-bond acceptors (Lipinski definition) is 6. The summed E-state index contributed by atoms with van der Waals surface area (Å²) in [6.45, 7) is 6.08. The first kappa shape index (κ1) is 56.0. The molecule has 61 heavy (non-hydrogen) atoms. The second-order valence-corrected chi connectivity index (χ2v) is 14.5. The van der Waals surface area contributed by atoms with Crippen molar-refractivity contribution in [1.29, 1.82) is 0 Å². The van der Waals surface area contributed by atoms with Gasteiger partial charge >= 0.3 is 17.9 Å². The minimum Gasteiger partial charge on any atom is -0.462 e. The molecule has 0 aromatic carbocycles. The fraction of sp³-hybridized carbons (Fsp3) is 0.473. The lowest BCUT2D eigenvalue weighted by Crippen LogP contribution is -2.30. The van der Waals surface area contributed by atoms with Crippen molar-refractivity contribution in [3.05, 3.63) is 158 Å². The molecule has 0 aromatic rings. The molecule has 0 heterocycles. The molecule has 336 valence electrons. The maximum Gasteiger partial charge on any atom is 0.306 e. The highest BCUT2D eigenvalue weighted by Crippen LogP contribution is 2.11. The summed E-state index contributed by atoms with van der Waals surface area (Å²) in [5, 5.41) is 0. The second-order valence-electron chi connectivity index (χ2n) is 14.5. The Morgan fingerprint density at radius 2 is 0.590 bits per heavy atom. The van der Waals surface area contributed by atoms with E-state index in [2.05, 4.69) is 75.5 Å². The van der Waals surface area contributed by atoms with E-state index in [0.717, 1.165) is 96.3 Å².